The Morgan fingerprint density at radius 1 is 0.841 bits per heavy atom. The number of halogens is 1. The third-order valence-corrected chi connectivity index (χ3v) is 9.91. The number of hydrogen-bond acceptors (Lipinski definition) is 4. The Kier molecular flexibility index (Phi) is 8.92. The van der Waals surface area contributed by atoms with Crippen LogP contribution in [0.25, 0.3) is 0 Å². The first kappa shape index (κ1) is 30.2. The molecule has 2 N–H and O–H groups in total. The van der Waals surface area contributed by atoms with Crippen molar-refractivity contribution in [1.29, 1.82) is 0 Å². The molecule has 3 aromatic carbocycles. The zero-order chi connectivity index (χ0) is 30.8. The fourth-order valence-corrected chi connectivity index (χ4v) is 7.53. The van der Waals surface area contributed by atoms with Crippen molar-refractivity contribution in [2.24, 2.45) is 11.8 Å². The predicted molar refractivity (Wildman–Crippen MR) is 176 cm³/mol. The number of piperidine rings is 1. The first-order chi connectivity index (χ1) is 21.3. The van der Waals surface area contributed by atoms with E-state index in [1.165, 1.54) is 30.9 Å². The Balaban J connectivity index is 1.30. The molecule has 7 heteroatoms. The van der Waals surface area contributed by atoms with E-state index >= 15 is 4.39 Å². The highest BCUT2D eigenvalue weighted by molar-refractivity contribution is 5.98. The van der Waals surface area contributed by atoms with Crippen LogP contribution in [-0.4, -0.2) is 42.4 Å². The lowest BCUT2D eigenvalue weighted by Gasteiger charge is -2.41. The fourth-order valence-electron chi connectivity index (χ4n) is 7.53. The van der Waals surface area contributed by atoms with E-state index < -0.39 is 17.8 Å². The van der Waals surface area contributed by atoms with E-state index in [1.54, 1.807) is 24.0 Å². The van der Waals surface area contributed by atoms with E-state index in [0.717, 1.165) is 54.5 Å². The van der Waals surface area contributed by atoms with Gasteiger partial charge in [0.1, 0.15) is 5.82 Å². The number of amides is 2. The topological polar surface area (TPSA) is 64.7 Å². The van der Waals surface area contributed by atoms with Crippen LogP contribution in [0, 0.1) is 31.5 Å². The van der Waals surface area contributed by atoms with Crippen molar-refractivity contribution in [3.05, 3.63) is 88.7 Å². The van der Waals surface area contributed by atoms with Gasteiger partial charge >= 0.3 is 0 Å². The smallest absolute Gasteiger partial charge is 0.257 e. The molecule has 1 saturated carbocycles. The van der Waals surface area contributed by atoms with Crippen molar-refractivity contribution in [3.63, 3.8) is 0 Å². The average Bonchev–Trinajstić information content (AvgIpc) is 3.70. The Labute approximate surface area is 261 Å². The van der Waals surface area contributed by atoms with Gasteiger partial charge < -0.3 is 20.4 Å². The number of anilines is 3. The van der Waals surface area contributed by atoms with Gasteiger partial charge in [-0.25, -0.2) is 4.39 Å². The second kappa shape index (κ2) is 13.0. The molecule has 2 heterocycles. The van der Waals surface area contributed by atoms with Crippen LogP contribution in [0.2, 0.25) is 0 Å². The number of hydrogen-bond donors (Lipinski definition) is 2. The highest BCUT2D eigenvalue weighted by atomic mass is 19.1. The molecule has 6 nitrogen and oxygen atoms in total. The summed E-state index contributed by atoms with van der Waals surface area (Å²) in [5.74, 6) is -0.756. The van der Waals surface area contributed by atoms with Gasteiger partial charge in [-0.2, -0.15) is 0 Å². The predicted octanol–water partition coefficient (Wildman–Crippen LogP) is 7.88. The van der Waals surface area contributed by atoms with Crippen LogP contribution in [0.1, 0.15) is 85.0 Å². The summed E-state index contributed by atoms with van der Waals surface area (Å²) in [4.78, 5) is 32.2. The summed E-state index contributed by atoms with van der Waals surface area (Å²) in [6.45, 7) is 8.69. The lowest BCUT2D eigenvalue weighted by Crippen LogP contribution is -2.46. The third-order valence-electron chi connectivity index (χ3n) is 9.91. The molecular formula is C37H45FN4O2. The molecule has 3 aliphatic rings. The van der Waals surface area contributed by atoms with Crippen LogP contribution >= 0.6 is 0 Å². The van der Waals surface area contributed by atoms with Crippen molar-refractivity contribution in [3.8, 4) is 0 Å². The van der Waals surface area contributed by atoms with Crippen molar-refractivity contribution in [2.75, 3.05) is 35.2 Å². The summed E-state index contributed by atoms with van der Waals surface area (Å²) in [5.41, 5.74) is 5.73. The molecule has 0 radical (unpaired) electrons. The van der Waals surface area contributed by atoms with Gasteiger partial charge in [-0.3, -0.25) is 9.59 Å². The van der Waals surface area contributed by atoms with Gasteiger partial charge in [-0.15, -0.1) is 0 Å². The Morgan fingerprint density at radius 2 is 1.59 bits per heavy atom. The number of rotatable bonds is 7. The number of nitrogens with one attached hydrogen (secondary N) is 2. The SMILES string of the molecule is Cc1ccc(NC(=O)[C@H]2CCCN(C(=O)c3c(C)cccc3F)[C@H]2c2ccc(NC3CC[C@@H](C)C3)cc2)cc1N1CCCC1. The van der Waals surface area contributed by atoms with Crippen molar-refractivity contribution < 1.29 is 14.0 Å². The van der Waals surface area contributed by atoms with Crippen molar-refractivity contribution in [2.45, 2.75) is 77.8 Å². The Morgan fingerprint density at radius 3 is 2.30 bits per heavy atom. The molecule has 2 aliphatic heterocycles. The molecule has 4 atom stereocenters. The molecule has 0 aromatic heterocycles. The van der Waals surface area contributed by atoms with Crippen molar-refractivity contribution >= 4 is 28.9 Å². The minimum absolute atomic E-state index is 0.0842. The van der Waals surface area contributed by atoms with Crippen LogP contribution in [0.15, 0.2) is 60.7 Å². The minimum Gasteiger partial charge on any atom is -0.382 e. The van der Waals surface area contributed by atoms with E-state index in [0.29, 0.717) is 31.0 Å². The molecule has 1 unspecified atom stereocenters. The summed E-state index contributed by atoms with van der Waals surface area (Å²) in [6.07, 6.45) is 7.23. The number of aryl methyl sites for hydroxylation is 2. The highest BCUT2D eigenvalue weighted by Crippen LogP contribution is 2.39. The van der Waals surface area contributed by atoms with Crippen LogP contribution < -0.4 is 15.5 Å². The normalized spacial score (nSPS) is 23.5. The molecule has 44 heavy (non-hydrogen) atoms. The Hall–Kier alpha value is -3.87. The molecule has 3 fully saturated rings. The van der Waals surface area contributed by atoms with E-state index in [4.69, 9.17) is 0 Å². The molecule has 0 spiro atoms. The van der Waals surface area contributed by atoms with E-state index in [2.05, 4.69) is 53.6 Å². The number of likely N-dealkylation sites (tertiary alicyclic amines) is 1. The van der Waals surface area contributed by atoms with Crippen LogP contribution in [0.5, 0.6) is 0 Å². The van der Waals surface area contributed by atoms with E-state index in [9.17, 15) is 9.59 Å². The zero-order valence-electron chi connectivity index (χ0n) is 26.2. The molecule has 1 aliphatic carbocycles. The lowest BCUT2D eigenvalue weighted by molar-refractivity contribution is -0.123. The summed E-state index contributed by atoms with van der Waals surface area (Å²) < 4.78 is 15.1. The Bertz CT molecular complexity index is 1480. The number of nitrogens with zero attached hydrogens (tertiary/aromatic N) is 2. The fraction of sp³-hybridized carbons (Fsp3) is 0.459. The van der Waals surface area contributed by atoms with Gasteiger partial charge in [0.2, 0.25) is 5.91 Å². The molecule has 0 bridgehead atoms. The number of benzene rings is 3. The summed E-state index contributed by atoms with van der Waals surface area (Å²) in [5, 5.41) is 6.86. The van der Waals surface area contributed by atoms with Gasteiger partial charge in [-0.05, 0) is 112 Å². The maximum absolute atomic E-state index is 15.1. The summed E-state index contributed by atoms with van der Waals surface area (Å²) in [7, 11) is 0. The van der Waals surface area contributed by atoms with Crippen LogP contribution in [0.4, 0.5) is 21.5 Å². The molecule has 3 aromatic rings. The van der Waals surface area contributed by atoms with E-state index in [1.807, 2.05) is 18.2 Å². The van der Waals surface area contributed by atoms with Gasteiger partial charge in [-0.1, -0.05) is 37.3 Å². The van der Waals surface area contributed by atoms with Gasteiger partial charge in [0.15, 0.2) is 0 Å². The maximum Gasteiger partial charge on any atom is 0.257 e. The van der Waals surface area contributed by atoms with Crippen molar-refractivity contribution in [1.82, 2.24) is 4.90 Å². The quantitative estimate of drug-likeness (QED) is 0.291. The molecule has 6 rings (SSSR count). The highest BCUT2D eigenvalue weighted by Gasteiger charge is 2.40. The third kappa shape index (κ3) is 6.33. The monoisotopic (exact) mass is 596 g/mol. The average molecular weight is 597 g/mol. The van der Waals surface area contributed by atoms with Crippen LogP contribution in [0.3, 0.4) is 0 Å². The second-order valence-corrected chi connectivity index (χ2v) is 13.2. The molecule has 2 saturated heterocycles. The first-order valence-electron chi connectivity index (χ1n) is 16.4. The lowest BCUT2D eigenvalue weighted by atomic mass is 9.83. The largest absolute Gasteiger partial charge is 0.382 e. The molecule has 2 amide bonds. The number of carbonyl (C=O) groups is 2. The molecular weight excluding hydrogens is 551 g/mol. The standard InChI is InChI=1S/C37H45FN4O2/c1-24-11-15-29(22-24)39-28-17-13-27(14-18-28)35-31(9-7-21-42(35)37(44)34-26(3)8-6-10-32(34)38)36(43)40-30-16-12-25(2)33(23-30)41-19-4-5-20-41/h6,8,10,12-14,16-18,23-24,29,31,35,39H,4-5,7,9,11,15,19-22H2,1-3H3,(H,40,43)/t24-,29?,31+,35+/m1/s1. The summed E-state index contributed by atoms with van der Waals surface area (Å²) >= 11 is 0. The van der Waals surface area contributed by atoms with Gasteiger partial charge in [0, 0.05) is 42.7 Å². The maximum atomic E-state index is 15.1. The van der Waals surface area contributed by atoms with Gasteiger partial charge in [0.25, 0.3) is 5.91 Å². The second-order valence-electron chi connectivity index (χ2n) is 13.2. The van der Waals surface area contributed by atoms with Gasteiger partial charge in [0.05, 0.1) is 17.5 Å². The van der Waals surface area contributed by atoms with Crippen LogP contribution in [-0.2, 0) is 4.79 Å². The molecule has 232 valence electrons. The zero-order valence-corrected chi connectivity index (χ0v) is 26.2. The minimum atomic E-state index is -0.528. The van der Waals surface area contributed by atoms with E-state index in [-0.39, 0.29) is 17.4 Å². The first-order valence-corrected chi connectivity index (χ1v) is 16.4. The number of carbonyl (C=O) groups excluding carboxylic acids is 2. The summed E-state index contributed by atoms with van der Waals surface area (Å²) in [6, 6.07) is 18.9.